The summed E-state index contributed by atoms with van der Waals surface area (Å²) in [6, 6.07) is 9.92. The van der Waals surface area contributed by atoms with Crippen LogP contribution in [0.5, 0.6) is 0 Å². The lowest BCUT2D eigenvalue weighted by Crippen LogP contribution is -2.37. The van der Waals surface area contributed by atoms with Gasteiger partial charge in [0, 0.05) is 13.2 Å². The number of rotatable bonds is 6. The van der Waals surface area contributed by atoms with Gasteiger partial charge in [0.05, 0.1) is 19.1 Å². The number of carbonyl (C=O) groups is 2. The molecule has 0 amide bonds. The average molecular weight is 354 g/mol. The van der Waals surface area contributed by atoms with Crippen LogP contribution >= 0.6 is 0 Å². The van der Waals surface area contributed by atoms with Crippen molar-refractivity contribution >= 4 is 11.6 Å². The second kappa shape index (κ2) is 8.56. The predicted octanol–water partition coefficient (Wildman–Crippen LogP) is 3.66. The second-order valence-corrected chi connectivity index (χ2v) is 7.34. The van der Waals surface area contributed by atoms with Crippen molar-refractivity contribution in [1.29, 1.82) is 0 Å². The third-order valence-electron chi connectivity index (χ3n) is 5.22. The van der Waals surface area contributed by atoms with Gasteiger partial charge in [0.1, 0.15) is 0 Å². The highest BCUT2D eigenvalue weighted by molar-refractivity contribution is 6.12. The molecule has 1 fully saturated rings. The molecule has 1 atom stereocenters. The number of ether oxygens (including phenoxy) is 2. The first-order valence-corrected chi connectivity index (χ1v) is 9.22. The van der Waals surface area contributed by atoms with Gasteiger partial charge in [-0.1, -0.05) is 36.4 Å². The van der Waals surface area contributed by atoms with Crippen LogP contribution in [0.4, 0.5) is 0 Å². The van der Waals surface area contributed by atoms with Crippen LogP contribution in [0.3, 0.4) is 0 Å². The van der Waals surface area contributed by atoms with Crippen LogP contribution in [0.25, 0.3) is 0 Å². The normalized spacial score (nSPS) is 22.6. The molecule has 138 valence electrons. The lowest BCUT2D eigenvalue weighted by atomic mass is 9.68. The smallest absolute Gasteiger partial charge is 0.166 e. The van der Waals surface area contributed by atoms with Gasteiger partial charge in [-0.2, -0.15) is 0 Å². The quantitative estimate of drug-likeness (QED) is 0.578. The van der Waals surface area contributed by atoms with Crippen molar-refractivity contribution in [3.8, 4) is 0 Å². The van der Waals surface area contributed by atoms with E-state index in [1.54, 1.807) is 12.2 Å². The van der Waals surface area contributed by atoms with Gasteiger partial charge in [0.25, 0.3) is 0 Å². The molecule has 0 N–H and O–H groups in total. The summed E-state index contributed by atoms with van der Waals surface area (Å²) in [6.45, 7) is 4.16. The Hall–Kier alpha value is -2.04. The van der Waals surface area contributed by atoms with Gasteiger partial charge in [-0.3, -0.25) is 9.59 Å². The van der Waals surface area contributed by atoms with Gasteiger partial charge in [0.2, 0.25) is 0 Å². The minimum Gasteiger partial charge on any atom is -0.381 e. The first kappa shape index (κ1) is 18.7. The van der Waals surface area contributed by atoms with Gasteiger partial charge in [-0.05, 0) is 54.9 Å². The maximum Gasteiger partial charge on any atom is 0.166 e. The molecule has 26 heavy (non-hydrogen) atoms. The molecule has 1 heterocycles. The number of benzene rings is 1. The summed E-state index contributed by atoms with van der Waals surface area (Å²) in [7, 11) is 0. The monoisotopic (exact) mass is 354 g/mol. The minimum atomic E-state index is -0.567. The molecular weight excluding hydrogens is 328 g/mol. The third kappa shape index (κ3) is 4.77. The Morgan fingerprint density at radius 3 is 2.73 bits per heavy atom. The van der Waals surface area contributed by atoms with Crippen molar-refractivity contribution in [2.45, 2.75) is 32.8 Å². The van der Waals surface area contributed by atoms with Crippen LogP contribution in [0.1, 0.15) is 31.7 Å². The molecule has 1 spiro atoms. The van der Waals surface area contributed by atoms with Crippen molar-refractivity contribution in [3.63, 3.8) is 0 Å². The fraction of sp³-hybridized carbons (Fsp3) is 0.455. The molecule has 2 aliphatic rings. The number of hydrogen-bond acceptors (Lipinski definition) is 4. The molecule has 4 nitrogen and oxygen atoms in total. The molecule has 4 heteroatoms. The number of allylic oxidation sites excluding steroid dienone is 3. The molecule has 3 rings (SSSR count). The first-order chi connectivity index (χ1) is 12.6. The minimum absolute atomic E-state index is 0.0575. The number of carbonyl (C=O) groups excluding carboxylic acids is 2. The summed E-state index contributed by atoms with van der Waals surface area (Å²) >= 11 is 0. The summed E-state index contributed by atoms with van der Waals surface area (Å²) in [5.74, 6) is -0.755. The van der Waals surface area contributed by atoms with E-state index in [-0.39, 0.29) is 17.0 Å². The highest BCUT2D eigenvalue weighted by Crippen LogP contribution is 2.41. The van der Waals surface area contributed by atoms with E-state index in [2.05, 4.69) is 0 Å². The molecule has 0 radical (unpaired) electrons. The van der Waals surface area contributed by atoms with Gasteiger partial charge < -0.3 is 9.47 Å². The zero-order valence-electron chi connectivity index (χ0n) is 15.3. The first-order valence-electron chi connectivity index (χ1n) is 9.22. The van der Waals surface area contributed by atoms with Crippen LogP contribution in [-0.2, 0) is 25.7 Å². The van der Waals surface area contributed by atoms with Crippen molar-refractivity contribution in [3.05, 3.63) is 59.7 Å². The summed E-state index contributed by atoms with van der Waals surface area (Å²) in [5.41, 5.74) is 1.88. The van der Waals surface area contributed by atoms with Crippen molar-refractivity contribution in [2.24, 2.45) is 11.3 Å². The topological polar surface area (TPSA) is 52.6 Å². The Kier molecular flexibility index (Phi) is 6.17. The van der Waals surface area contributed by atoms with Crippen molar-refractivity contribution in [1.82, 2.24) is 0 Å². The lowest BCUT2D eigenvalue weighted by Gasteiger charge is -2.38. The Morgan fingerprint density at radius 2 is 2.00 bits per heavy atom. The standard InChI is InChI=1S/C22H26O4/c1-17(15-26-16-18-5-3-2-4-6-18)13-21(24)19-14-22(8-7-20(19)23)9-11-25-12-10-22/h2-8,13,19H,9-12,14-16H2,1H3/b17-13+. The molecule has 1 aromatic carbocycles. The van der Waals surface area contributed by atoms with Gasteiger partial charge in [-0.25, -0.2) is 0 Å². The van der Waals surface area contributed by atoms with E-state index in [0.29, 0.717) is 32.8 Å². The second-order valence-electron chi connectivity index (χ2n) is 7.34. The van der Waals surface area contributed by atoms with E-state index >= 15 is 0 Å². The zero-order valence-corrected chi connectivity index (χ0v) is 15.3. The fourth-order valence-electron chi connectivity index (χ4n) is 3.63. The van der Waals surface area contributed by atoms with Crippen molar-refractivity contribution < 1.29 is 19.1 Å². The molecular formula is C22H26O4. The maximum atomic E-state index is 12.7. The molecule has 0 bridgehead atoms. The molecule has 0 saturated carbocycles. The summed E-state index contributed by atoms with van der Waals surface area (Å²) in [4.78, 5) is 24.9. The molecule has 1 aliphatic carbocycles. The Labute approximate surface area is 154 Å². The summed E-state index contributed by atoms with van der Waals surface area (Å²) < 4.78 is 11.1. The van der Waals surface area contributed by atoms with E-state index < -0.39 is 5.92 Å². The van der Waals surface area contributed by atoms with Crippen LogP contribution in [-0.4, -0.2) is 31.4 Å². The largest absolute Gasteiger partial charge is 0.381 e. The average Bonchev–Trinajstić information content (AvgIpc) is 2.65. The van der Waals surface area contributed by atoms with Gasteiger partial charge in [-0.15, -0.1) is 0 Å². The van der Waals surface area contributed by atoms with E-state index in [9.17, 15) is 9.59 Å². The maximum absolute atomic E-state index is 12.7. The zero-order chi connectivity index (χ0) is 18.4. The molecule has 1 unspecified atom stereocenters. The van der Waals surface area contributed by atoms with E-state index in [0.717, 1.165) is 24.0 Å². The third-order valence-corrected chi connectivity index (χ3v) is 5.22. The van der Waals surface area contributed by atoms with Crippen LogP contribution < -0.4 is 0 Å². The Bertz CT molecular complexity index is 696. The highest BCUT2D eigenvalue weighted by Gasteiger charge is 2.40. The molecule has 1 aromatic rings. The van der Waals surface area contributed by atoms with Gasteiger partial charge in [0.15, 0.2) is 11.6 Å². The Balaban J connectivity index is 1.56. The van der Waals surface area contributed by atoms with E-state index in [1.165, 1.54) is 0 Å². The summed E-state index contributed by atoms with van der Waals surface area (Å²) in [6.07, 6.45) is 7.54. The van der Waals surface area contributed by atoms with Gasteiger partial charge >= 0.3 is 0 Å². The Morgan fingerprint density at radius 1 is 1.27 bits per heavy atom. The lowest BCUT2D eigenvalue weighted by molar-refractivity contribution is -0.130. The molecule has 1 saturated heterocycles. The predicted molar refractivity (Wildman–Crippen MR) is 99.6 cm³/mol. The van der Waals surface area contributed by atoms with Crippen molar-refractivity contribution in [2.75, 3.05) is 19.8 Å². The number of hydrogen-bond donors (Lipinski definition) is 0. The van der Waals surface area contributed by atoms with E-state index in [4.69, 9.17) is 9.47 Å². The van der Waals surface area contributed by atoms with Crippen LogP contribution in [0.2, 0.25) is 0 Å². The molecule has 1 aliphatic heterocycles. The van der Waals surface area contributed by atoms with E-state index in [1.807, 2.05) is 43.3 Å². The van der Waals surface area contributed by atoms with Crippen LogP contribution in [0, 0.1) is 11.3 Å². The number of ketones is 2. The summed E-state index contributed by atoms with van der Waals surface area (Å²) in [5, 5.41) is 0. The SMILES string of the molecule is C/C(=C\C(=O)C1CC2(C=CC1=O)CCOCC2)COCc1ccccc1. The fourth-order valence-corrected chi connectivity index (χ4v) is 3.63. The highest BCUT2D eigenvalue weighted by atomic mass is 16.5. The van der Waals surface area contributed by atoms with Crippen LogP contribution in [0.15, 0.2) is 54.1 Å². The molecule has 0 aromatic heterocycles.